The van der Waals surface area contributed by atoms with Gasteiger partial charge in [-0.1, -0.05) is 18.2 Å². The number of nitrogens with two attached hydrogens (primary N) is 1. The molecule has 0 fully saturated rings. The topological polar surface area (TPSA) is 47.3 Å². The molecule has 0 amide bonds. The van der Waals surface area contributed by atoms with Gasteiger partial charge in [0.15, 0.2) is 0 Å². The molecular weight excluding hydrogens is 358 g/mol. The van der Waals surface area contributed by atoms with Gasteiger partial charge in [-0.3, -0.25) is 0 Å². The van der Waals surface area contributed by atoms with E-state index in [0.29, 0.717) is 21.6 Å². The average molecular weight is 372 g/mol. The van der Waals surface area contributed by atoms with E-state index in [2.05, 4.69) is 5.32 Å². The number of rotatable bonds is 4. The fourth-order valence-electron chi connectivity index (χ4n) is 1.74. The van der Waals surface area contributed by atoms with Gasteiger partial charge in [0.2, 0.25) is 0 Å². The minimum absolute atomic E-state index is 0.290. The first kappa shape index (κ1) is 14.1. The Labute approximate surface area is 125 Å². The number of hydrogen-bond donors (Lipinski definition) is 2. The van der Waals surface area contributed by atoms with Crippen LogP contribution in [0.2, 0.25) is 0 Å². The van der Waals surface area contributed by atoms with Gasteiger partial charge in [-0.05, 0) is 34.7 Å². The average Bonchev–Trinajstić information content (AvgIpc) is 2.38. The number of anilines is 3. The van der Waals surface area contributed by atoms with Gasteiger partial charge in [0, 0.05) is 24.4 Å². The van der Waals surface area contributed by atoms with Gasteiger partial charge in [-0.2, -0.15) is 0 Å². The van der Waals surface area contributed by atoms with Crippen LogP contribution in [0.5, 0.6) is 0 Å². The fourth-order valence-corrected chi connectivity index (χ4v) is 2.23. The third-order valence-electron chi connectivity index (χ3n) is 2.68. The number of hydrogen-bond acceptors (Lipinski definition) is 3. The highest BCUT2D eigenvalue weighted by atomic mass is 127. The summed E-state index contributed by atoms with van der Waals surface area (Å²) in [4.78, 5) is 0. The zero-order chi connectivity index (χ0) is 13.8. The molecule has 0 heterocycles. The lowest BCUT2D eigenvalue weighted by atomic mass is 10.1. The van der Waals surface area contributed by atoms with Crippen molar-refractivity contribution < 1.29 is 9.13 Å². The summed E-state index contributed by atoms with van der Waals surface area (Å²) in [5.74, 6) is -0.290. The lowest BCUT2D eigenvalue weighted by Crippen LogP contribution is -2.01. The van der Waals surface area contributed by atoms with Crippen molar-refractivity contribution in [3.8, 4) is 0 Å². The molecule has 2 rings (SSSR count). The van der Waals surface area contributed by atoms with Gasteiger partial charge in [0.05, 0.1) is 21.6 Å². The quantitative estimate of drug-likeness (QED) is 0.632. The Bertz CT molecular complexity index is 590. The number of benzene rings is 2. The van der Waals surface area contributed by atoms with Crippen LogP contribution >= 0.6 is 22.6 Å². The molecule has 0 aromatic heterocycles. The molecule has 0 aliphatic heterocycles. The van der Waals surface area contributed by atoms with E-state index in [4.69, 9.17) is 10.5 Å². The number of methoxy groups -OCH3 is 1. The number of ether oxygens (including phenoxy) is 1. The lowest BCUT2D eigenvalue weighted by Gasteiger charge is -2.13. The zero-order valence-corrected chi connectivity index (χ0v) is 12.6. The molecule has 3 N–H and O–H groups in total. The Kier molecular flexibility index (Phi) is 4.60. The summed E-state index contributed by atoms with van der Waals surface area (Å²) in [5.41, 5.74) is 8.81. The van der Waals surface area contributed by atoms with Crippen LogP contribution < -0.4 is 11.1 Å². The van der Waals surface area contributed by atoms with Crippen molar-refractivity contribution in [2.45, 2.75) is 6.61 Å². The largest absolute Gasteiger partial charge is 0.397 e. The summed E-state index contributed by atoms with van der Waals surface area (Å²) in [5, 5.41) is 3.15. The Morgan fingerprint density at radius 2 is 2.00 bits per heavy atom. The highest BCUT2D eigenvalue weighted by Gasteiger charge is 2.08. The molecule has 0 bridgehead atoms. The predicted octanol–water partition coefficient (Wildman–Crippen LogP) is 3.90. The first-order valence-corrected chi connectivity index (χ1v) is 6.78. The summed E-state index contributed by atoms with van der Waals surface area (Å²) in [6, 6.07) is 10.7. The summed E-state index contributed by atoms with van der Waals surface area (Å²) < 4.78 is 19.2. The second-order valence-electron chi connectivity index (χ2n) is 4.07. The van der Waals surface area contributed by atoms with Crippen molar-refractivity contribution in [2.75, 3.05) is 18.2 Å². The van der Waals surface area contributed by atoms with Crippen LogP contribution in [0.4, 0.5) is 21.5 Å². The van der Waals surface area contributed by atoms with E-state index in [-0.39, 0.29) is 5.82 Å². The van der Waals surface area contributed by atoms with E-state index < -0.39 is 0 Å². The van der Waals surface area contributed by atoms with Gasteiger partial charge in [0.25, 0.3) is 0 Å². The van der Waals surface area contributed by atoms with E-state index >= 15 is 0 Å². The maximum atomic E-state index is 13.6. The van der Waals surface area contributed by atoms with Crippen molar-refractivity contribution >= 4 is 39.7 Å². The van der Waals surface area contributed by atoms with Gasteiger partial charge in [-0.25, -0.2) is 4.39 Å². The van der Waals surface area contributed by atoms with E-state index in [9.17, 15) is 4.39 Å². The molecule has 2 aromatic carbocycles. The summed E-state index contributed by atoms with van der Waals surface area (Å²) in [7, 11) is 1.63. The number of nitrogens with one attached hydrogen (secondary N) is 1. The molecule has 0 aliphatic carbocycles. The standard InChI is InChI=1S/C14H14FIN2O/c1-19-8-9-4-2-3-5-13(9)18-14-6-10(15)11(16)7-12(14)17/h2-7,18H,8,17H2,1H3. The van der Waals surface area contributed by atoms with Crippen molar-refractivity contribution in [3.05, 3.63) is 51.3 Å². The number of halogens is 2. The maximum absolute atomic E-state index is 13.6. The summed E-state index contributed by atoms with van der Waals surface area (Å²) >= 11 is 1.91. The molecule has 0 saturated carbocycles. The molecule has 0 unspecified atom stereocenters. The molecule has 0 saturated heterocycles. The first-order valence-electron chi connectivity index (χ1n) is 5.70. The Balaban J connectivity index is 2.33. The Morgan fingerprint density at radius 1 is 1.26 bits per heavy atom. The highest BCUT2D eigenvalue weighted by Crippen LogP contribution is 2.28. The van der Waals surface area contributed by atoms with Crippen molar-refractivity contribution in [2.24, 2.45) is 0 Å². The van der Waals surface area contributed by atoms with Gasteiger partial charge < -0.3 is 15.8 Å². The molecule has 5 heteroatoms. The molecule has 0 atom stereocenters. The Hall–Kier alpha value is -1.34. The molecule has 3 nitrogen and oxygen atoms in total. The van der Waals surface area contributed by atoms with Gasteiger partial charge in [-0.15, -0.1) is 0 Å². The van der Waals surface area contributed by atoms with Crippen molar-refractivity contribution in [1.29, 1.82) is 0 Å². The van der Waals surface area contributed by atoms with Gasteiger partial charge in [0.1, 0.15) is 5.82 Å². The van der Waals surface area contributed by atoms with E-state index in [0.717, 1.165) is 11.3 Å². The minimum atomic E-state index is -0.290. The fraction of sp³-hybridized carbons (Fsp3) is 0.143. The molecule has 2 aromatic rings. The van der Waals surface area contributed by atoms with Crippen LogP contribution in [-0.2, 0) is 11.3 Å². The normalized spacial score (nSPS) is 10.5. The van der Waals surface area contributed by atoms with Crippen LogP contribution in [0.3, 0.4) is 0 Å². The second kappa shape index (κ2) is 6.21. The molecular formula is C14H14FIN2O. The molecule has 19 heavy (non-hydrogen) atoms. The van der Waals surface area contributed by atoms with Crippen LogP contribution in [0, 0.1) is 9.39 Å². The molecule has 0 aliphatic rings. The molecule has 100 valence electrons. The third kappa shape index (κ3) is 3.36. The smallest absolute Gasteiger partial charge is 0.138 e. The SMILES string of the molecule is COCc1ccccc1Nc1cc(F)c(I)cc1N. The molecule has 0 radical (unpaired) electrons. The summed E-state index contributed by atoms with van der Waals surface area (Å²) in [6.45, 7) is 0.482. The van der Waals surface area contributed by atoms with Crippen LogP contribution in [-0.4, -0.2) is 7.11 Å². The monoisotopic (exact) mass is 372 g/mol. The second-order valence-corrected chi connectivity index (χ2v) is 5.23. The van der Waals surface area contributed by atoms with Crippen LogP contribution in [0.1, 0.15) is 5.56 Å². The first-order chi connectivity index (χ1) is 9.11. The number of para-hydroxylation sites is 1. The van der Waals surface area contributed by atoms with Crippen molar-refractivity contribution in [3.63, 3.8) is 0 Å². The van der Waals surface area contributed by atoms with Crippen LogP contribution in [0.25, 0.3) is 0 Å². The molecule has 0 spiro atoms. The lowest BCUT2D eigenvalue weighted by molar-refractivity contribution is 0.185. The number of nitrogen functional groups attached to an aromatic ring is 1. The Morgan fingerprint density at radius 3 is 2.74 bits per heavy atom. The zero-order valence-electron chi connectivity index (χ0n) is 10.4. The van der Waals surface area contributed by atoms with E-state index in [1.807, 2.05) is 46.9 Å². The van der Waals surface area contributed by atoms with E-state index in [1.165, 1.54) is 6.07 Å². The maximum Gasteiger partial charge on any atom is 0.138 e. The van der Waals surface area contributed by atoms with E-state index in [1.54, 1.807) is 13.2 Å². The van der Waals surface area contributed by atoms with Gasteiger partial charge >= 0.3 is 0 Å². The van der Waals surface area contributed by atoms with Crippen LogP contribution in [0.15, 0.2) is 36.4 Å². The highest BCUT2D eigenvalue weighted by molar-refractivity contribution is 14.1. The minimum Gasteiger partial charge on any atom is -0.397 e. The van der Waals surface area contributed by atoms with Crippen molar-refractivity contribution in [1.82, 2.24) is 0 Å². The summed E-state index contributed by atoms with van der Waals surface area (Å²) in [6.07, 6.45) is 0. The predicted molar refractivity (Wildman–Crippen MR) is 84.0 cm³/mol. The third-order valence-corrected chi connectivity index (χ3v) is 3.51.